The van der Waals surface area contributed by atoms with E-state index in [1.54, 1.807) is 38.1 Å². The Labute approximate surface area is 138 Å². The monoisotopic (exact) mass is 334 g/mol. The molecule has 2 rings (SSSR count). The van der Waals surface area contributed by atoms with Crippen LogP contribution >= 0.6 is 11.6 Å². The molecule has 0 radical (unpaired) electrons. The lowest BCUT2D eigenvalue weighted by Crippen LogP contribution is -2.17. The van der Waals surface area contributed by atoms with Crippen LogP contribution in [-0.4, -0.2) is 11.8 Å². The summed E-state index contributed by atoms with van der Waals surface area (Å²) in [7, 11) is 0. The Morgan fingerprint density at radius 1 is 1.00 bits per heavy atom. The molecule has 0 spiro atoms. The van der Waals surface area contributed by atoms with Crippen LogP contribution in [0.3, 0.4) is 0 Å². The highest BCUT2D eigenvalue weighted by Crippen LogP contribution is 2.18. The first kappa shape index (κ1) is 17.0. The van der Waals surface area contributed by atoms with Crippen molar-refractivity contribution in [3.63, 3.8) is 0 Å². The first-order chi connectivity index (χ1) is 10.9. The summed E-state index contributed by atoms with van der Waals surface area (Å²) in [4.78, 5) is 23.7. The molecular formula is C17H16ClFN2O2. The Balaban J connectivity index is 2.07. The van der Waals surface area contributed by atoms with Gasteiger partial charge in [0.15, 0.2) is 0 Å². The van der Waals surface area contributed by atoms with E-state index in [2.05, 4.69) is 10.6 Å². The van der Waals surface area contributed by atoms with Crippen molar-refractivity contribution in [3.05, 3.63) is 58.9 Å². The van der Waals surface area contributed by atoms with Gasteiger partial charge in [0.2, 0.25) is 5.91 Å². The van der Waals surface area contributed by atoms with E-state index >= 15 is 0 Å². The summed E-state index contributed by atoms with van der Waals surface area (Å²) in [6, 6.07) is 10.3. The summed E-state index contributed by atoms with van der Waals surface area (Å²) in [5.41, 5.74) is 0.974. The van der Waals surface area contributed by atoms with Gasteiger partial charge in [-0.1, -0.05) is 25.4 Å². The third-order valence-corrected chi connectivity index (χ3v) is 3.34. The lowest BCUT2D eigenvalue weighted by atomic mass is 10.2. The molecule has 2 amide bonds. The molecule has 0 saturated heterocycles. The fourth-order valence-electron chi connectivity index (χ4n) is 1.79. The first-order valence-electron chi connectivity index (χ1n) is 7.04. The van der Waals surface area contributed by atoms with E-state index < -0.39 is 11.7 Å². The number of halogens is 2. The summed E-state index contributed by atoms with van der Waals surface area (Å²) in [5.74, 6) is -1.46. The maximum absolute atomic E-state index is 13.6. The Kier molecular flexibility index (Phi) is 5.34. The second kappa shape index (κ2) is 7.24. The Hall–Kier alpha value is -2.40. The van der Waals surface area contributed by atoms with Crippen molar-refractivity contribution < 1.29 is 14.0 Å². The molecule has 0 aromatic heterocycles. The van der Waals surface area contributed by atoms with Crippen molar-refractivity contribution in [1.29, 1.82) is 0 Å². The second-order valence-electron chi connectivity index (χ2n) is 5.30. The molecule has 2 aromatic rings. The number of nitrogens with one attached hydrogen (secondary N) is 2. The fraction of sp³-hybridized carbons (Fsp3) is 0.176. The number of rotatable bonds is 4. The molecule has 0 fully saturated rings. The third kappa shape index (κ3) is 4.53. The predicted octanol–water partition coefficient (Wildman–Crippen LogP) is 4.33. The molecule has 120 valence electrons. The zero-order valence-electron chi connectivity index (χ0n) is 12.7. The Bertz CT molecular complexity index is 730. The van der Waals surface area contributed by atoms with Crippen LogP contribution in [0, 0.1) is 11.7 Å². The zero-order valence-corrected chi connectivity index (χ0v) is 13.4. The van der Waals surface area contributed by atoms with Gasteiger partial charge < -0.3 is 10.6 Å². The van der Waals surface area contributed by atoms with Crippen LogP contribution in [0.1, 0.15) is 24.2 Å². The lowest BCUT2D eigenvalue weighted by Gasteiger charge is -2.10. The van der Waals surface area contributed by atoms with Gasteiger partial charge in [-0.15, -0.1) is 0 Å². The maximum Gasteiger partial charge on any atom is 0.258 e. The van der Waals surface area contributed by atoms with Crippen LogP contribution in [0.4, 0.5) is 15.8 Å². The van der Waals surface area contributed by atoms with Gasteiger partial charge in [0, 0.05) is 22.3 Å². The quantitative estimate of drug-likeness (QED) is 0.874. The fourth-order valence-corrected chi connectivity index (χ4v) is 1.97. The predicted molar refractivity (Wildman–Crippen MR) is 89.3 cm³/mol. The van der Waals surface area contributed by atoms with Crippen molar-refractivity contribution in [3.8, 4) is 0 Å². The number of anilines is 2. The highest BCUT2D eigenvalue weighted by Gasteiger charge is 2.13. The van der Waals surface area contributed by atoms with Gasteiger partial charge in [-0.3, -0.25) is 9.59 Å². The van der Waals surface area contributed by atoms with Crippen LogP contribution < -0.4 is 10.6 Å². The van der Waals surface area contributed by atoms with E-state index in [9.17, 15) is 14.0 Å². The van der Waals surface area contributed by atoms with Crippen molar-refractivity contribution in [2.24, 2.45) is 5.92 Å². The largest absolute Gasteiger partial charge is 0.326 e. The summed E-state index contributed by atoms with van der Waals surface area (Å²) < 4.78 is 13.6. The second-order valence-corrected chi connectivity index (χ2v) is 5.74. The molecule has 0 aliphatic carbocycles. The number of amides is 2. The summed E-state index contributed by atoms with van der Waals surface area (Å²) in [6.07, 6.45) is 0. The smallest absolute Gasteiger partial charge is 0.258 e. The molecule has 0 aliphatic heterocycles. The van der Waals surface area contributed by atoms with Gasteiger partial charge in [-0.2, -0.15) is 0 Å². The highest BCUT2D eigenvalue weighted by molar-refractivity contribution is 6.31. The minimum absolute atomic E-state index is 0.0946. The molecule has 0 atom stereocenters. The Morgan fingerprint density at radius 2 is 1.57 bits per heavy atom. The standard InChI is InChI=1S/C17H16ClFN2O2/c1-10(2)16(22)20-12-4-6-13(7-5-12)21-17(23)14-9-11(18)3-8-15(14)19/h3-10H,1-2H3,(H,20,22)(H,21,23). The van der Waals surface area contributed by atoms with E-state index in [0.717, 1.165) is 6.07 Å². The molecule has 0 saturated carbocycles. The van der Waals surface area contributed by atoms with Crippen molar-refractivity contribution in [1.82, 2.24) is 0 Å². The molecule has 2 N–H and O–H groups in total. The van der Waals surface area contributed by atoms with Gasteiger partial charge in [0.25, 0.3) is 5.91 Å². The number of hydrogen-bond acceptors (Lipinski definition) is 2. The number of hydrogen-bond donors (Lipinski definition) is 2. The van der Waals surface area contributed by atoms with Crippen LogP contribution in [-0.2, 0) is 4.79 Å². The summed E-state index contributed by atoms with van der Waals surface area (Å²) in [5, 5.41) is 5.60. The van der Waals surface area contributed by atoms with Crippen molar-refractivity contribution in [2.45, 2.75) is 13.8 Å². The maximum atomic E-state index is 13.6. The SMILES string of the molecule is CC(C)C(=O)Nc1ccc(NC(=O)c2cc(Cl)ccc2F)cc1. The average Bonchev–Trinajstić information content (AvgIpc) is 2.51. The van der Waals surface area contributed by atoms with E-state index in [-0.39, 0.29) is 22.4 Å². The number of benzene rings is 2. The van der Waals surface area contributed by atoms with Crippen LogP contribution in [0.15, 0.2) is 42.5 Å². The van der Waals surface area contributed by atoms with Gasteiger partial charge in [-0.05, 0) is 42.5 Å². The first-order valence-corrected chi connectivity index (χ1v) is 7.42. The molecule has 23 heavy (non-hydrogen) atoms. The van der Waals surface area contributed by atoms with Gasteiger partial charge >= 0.3 is 0 Å². The van der Waals surface area contributed by atoms with E-state index in [1.807, 2.05) is 0 Å². The Morgan fingerprint density at radius 3 is 2.13 bits per heavy atom. The molecule has 0 unspecified atom stereocenters. The van der Waals surface area contributed by atoms with E-state index in [0.29, 0.717) is 11.4 Å². The number of carbonyl (C=O) groups is 2. The van der Waals surface area contributed by atoms with Gasteiger partial charge in [0.05, 0.1) is 5.56 Å². The topological polar surface area (TPSA) is 58.2 Å². The molecule has 0 bridgehead atoms. The summed E-state index contributed by atoms with van der Waals surface area (Å²) in [6.45, 7) is 3.59. The van der Waals surface area contributed by atoms with Crippen LogP contribution in [0.25, 0.3) is 0 Å². The molecule has 0 heterocycles. The molecule has 2 aromatic carbocycles. The van der Waals surface area contributed by atoms with Gasteiger partial charge in [-0.25, -0.2) is 4.39 Å². The molecule has 0 aliphatic rings. The minimum Gasteiger partial charge on any atom is -0.326 e. The number of carbonyl (C=O) groups excluding carboxylic acids is 2. The normalized spacial score (nSPS) is 10.5. The minimum atomic E-state index is -0.646. The zero-order chi connectivity index (χ0) is 17.0. The third-order valence-electron chi connectivity index (χ3n) is 3.11. The average molecular weight is 335 g/mol. The highest BCUT2D eigenvalue weighted by atomic mass is 35.5. The summed E-state index contributed by atoms with van der Waals surface area (Å²) >= 11 is 5.77. The van der Waals surface area contributed by atoms with E-state index in [4.69, 9.17) is 11.6 Å². The molecule has 4 nitrogen and oxygen atoms in total. The van der Waals surface area contributed by atoms with Crippen molar-refractivity contribution >= 4 is 34.8 Å². The molecular weight excluding hydrogens is 319 g/mol. The molecule has 6 heteroatoms. The van der Waals surface area contributed by atoms with Gasteiger partial charge in [0.1, 0.15) is 5.82 Å². The van der Waals surface area contributed by atoms with Crippen molar-refractivity contribution in [2.75, 3.05) is 10.6 Å². The van der Waals surface area contributed by atoms with Crippen LogP contribution in [0.2, 0.25) is 5.02 Å². The van der Waals surface area contributed by atoms with E-state index in [1.165, 1.54) is 12.1 Å². The lowest BCUT2D eigenvalue weighted by molar-refractivity contribution is -0.118. The van der Waals surface area contributed by atoms with Crippen LogP contribution in [0.5, 0.6) is 0 Å².